The van der Waals surface area contributed by atoms with Gasteiger partial charge in [0.15, 0.2) is 0 Å². The van der Waals surface area contributed by atoms with Crippen molar-refractivity contribution in [3.8, 4) is 0 Å². The Labute approximate surface area is 83.1 Å². The standard InChI is InChI=1S/C9H16N4O/c1-6(3-4-10)9(14)12-8-7(2)5-11-13-8/h5-6H,3-4,10H2,1-2H3,(H2,11,12,13,14). The van der Waals surface area contributed by atoms with Gasteiger partial charge >= 0.3 is 0 Å². The molecule has 0 bridgehead atoms. The van der Waals surface area contributed by atoms with Crippen LogP contribution in [0.15, 0.2) is 6.20 Å². The van der Waals surface area contributed by atoms with Gasteiger partial charge in [0.05, 0.1) is 6.20 Å². The van der Waals surface area contributed by atoms with E-state index in [0.717, 1.165) is 5.56 Å². The highest BCUT2D eigenvalue weighted by atomic mass is 16.1. The van der Waals surface area contributed by atoms with Crippen molar-refractivity contribution in [3.05, 3.63) is 11.8 Å². The number of aromatic nitrogens is 2. The smallest absolute Gasteiger partial charge is 0.228 e. The van der Waals surface area contributed by atoms with Gasteiger partial charge in [-0.15, -0.1) is 0 Å². The van der Waals surface area contributed by atoms with E-state index in [2.05, 4.69) is 15.5 Å². The van der Waals surface area contributed by atoms with E-state index in [9.17, 15) is 4.79 Å². The van der Waals surface area contributed by atoms with E-state index in [4.69, 9.17) is 5.73 Å². The molecular weight excluding hydrogens is 180 g/mol. The molecule has 0 aliphatic rings. The van der Waals surface area contributed by atoms with E-state index in [-0.39, 0.29) is 11.8 Å². The van der Waals surface area contributed by atoms with Crippen molar-refractivity contribution in [2.45, 2.75) is 20.3 Å². The molecule has 5 nitrogen and oxygen atoms in total. The molecule has 1 aromatic heterocycles. The third kappa shape index (κ3) is 2.56. The van der Waals surface area contributed by atoms with Crippen molar-refractivity contribution in [2.24, 2.45) is 11.7 Å². The molecule has 0 aliphatic heterocycles. The molecule has 5 heteroatoms. The largest absolute Gasteiger partial charge is 0.330 e. The fourth-order valence-corrected chi connectivity index (χ4v) is 1.10. The number of anilines is 1. The number of rotatable bonds is 4. The molecule has 0 spiro atoms. The molecule has 0 saturated heterocycles. The molecule has 0 fully saturated rings. The molecule has 0 aliphatic carbocycles. The topological polar surface area (TPSA) is 83.8 Å². The van der Waals surface area contributed by atoms with Crippen LogP contribution >= 0.6 is 0 Å². The minimum absolute atomic E-state index is 0.0252. The summed E-state index contributed by atoms with van der Waals surface area (Å²) in [5.41, 5.74) is 6.30. The molecule has 1 rings (SSSR count). The number of aromatic amines is 1. The zero-order valence-electron chi connectivity index (χ0n) is 8.50. The van der Waals surface area contributed by atoms with Gasteiger partial charge in [0.1, 0.15) is 5.82 Å². The minimum Gasteiger partial charge on any atom is -0.330 e. The number of hydrogen-bond donors (Lipinski definition) is 3. The van der Waals surface area contributed by atoms with Gasteiger partial charge in [-0.25, -0.2) is 0 Å². The fraction of sp³-hybridized carbons (Fsp3) is 0.556. The first-order chi connectivity index (χ1) is 6.65. The monoisotopic (exact) mass is 196 g/mol. The molecule has 1 aromatic rings. The Bertz CT molecular complexity index is 308. The van der Waals surface area contributed by atoms with Gasteiger partial charge in [0.2, 0.25) is 5.91 Å². The van der Waals surface area contributed by atoms with Gasteiger partial charge in [-0.05, 0) is 19.9 Å². The van der Waals surface area contributed by atoms with Crippen LogP contribution < -0.4 is 11.1 Å². The summed E-state index contributed by atoms with van der Waals surface area (Å²) in [5.74, 6) is 0.573. The third-order valence-electron chi connectivity index (χ3n) is 2.12. The van der Waals surface area contributed by atoms with Crippen molar-refractivity contribution in [3.63, 3.8) is 0 Å². The van der Waals surface area contributed by atoms with Gasteiger partial charge in [-0.3, -0.25) is 9.89 Å². The number of amides is 1. The van der Waals surface area contributed by atoms with Crippen LogP contribution in [0.5, 0.6) is 0 Å². The van der Waals surface area contributed by atoms with E-state index in [0.29, 0.717) is 18.8 Å². The van der Waals surface area contributed by atoms with E-state index < -0.39 is 0 Å². The number of H-pyrrole nitrogens is 1. The van der Waals surface area contributed by atoms with E-state index >= 15 is 0 Å². The van der Waals surface area contributed by atoms with Crippen LogP contribution in [0.4, 0.5) is 5.82 Å². The van der Waals surface area contributed by atoms with Crippen LogP contribution in [-0.2, 0) is 4.79 Å². The first-order valence-corrected chi connectivity index (χ1v) is 4.66. The molecule has 0 aromatic carbocycles. The molecule has 1 amide bonds. The van der Waals surface area contributed by atoms with Gasteiger partial charge in [-0.1, -0.05) is 6.92 Å². The van der Waals surface area contributed by atoms with E-state index in [1.165, 1.54) is 0 Å². The zero-order chi connectivity index (χ0) is 10.6. The Morgan fingerprint density at radius 3 is 3.00 bits per heavy atom. The Hall–Kier alpha value is -1.36. The number of nitrogens with two attached hydrogens (primary N) is 1. The average molecular weight is 196 g/mol. The quantitative estimate of drug-likeness (QED) is 0.660. The summed E-state index contributed by atoms with van der Waals surface area (Å²) in [6.45, 7) is 4.26. The van der Waals surface area contributed by atoms with Crippen molar-refractivity contribution >= 4 is 11.7 Å². The number of carbonyl (C=O) groups is 1. The SMILES string of the molecule is Cc1cn[nH]c1NC(=O)C(C)CCN. The molecule has 0 radical (unpaired) electrons. The average Bonchev–Trinajstić information content (AvgIpc) is 2.52. The van der Waals surface area contributed by atoms with Crippen LogP contribution in [-0.4, -0.2) is 22.6 Å². The maximum atomic E-state index is 11.5. The Balaban J connectivity index is 2.53. The zero-order valence-corrected chi connectivity index (χ0v) is 8.50. The highest BCUT2D eigenvalue weighted by Gasteiger charge is 2.13. The van der Waals surface area contributed by atoms with Crippen LogP contribution in [0.2, 0.25) is 0 Å². The molecule has 1 atom stereocenters. The van der Waals surface area contributed by atoms with Gasteiger partial charge in [0.25, 0.3) is 0 Å². The summed E-state index contributed by atoms with van der Waals surface area (Å²) in [5, 5.41) is 9.30. The summed E-state index contributed by atoms with van der Waals surface area (Å²) in [4.78, 5) is 11.5. The molecular formula is C9H16N4O. The predicted molar refractivity (Wildman–Crippen MR) is 54.8 cm³/mol. The maximum Gasteiger partial charge on any atom is 0.228 e. The Morgan fingerprint density at radius 1 is 1.79 bits per heavy atom. The summed E-state index contributed by atoms with van der Waals surface area (Å²) in [7, 11) is 0. The summed E-state index contributed by atoms with van der Waals surface area (Å²) < 4.78 is 0. The normalized spacial score (nSPS) is 12.5. The van der Waals surface area contributed by atoms with Crippen LogP contribution in [0.25, 0.3) is 0 Å². The molecule has 0 saturated carbocycles. The second kappa shape index (κ2) is 4.76. The van der Waals surface area contributed by atoms with Crippen molar-refractivity contribution in [1.82, 2.24) is 10.2 Å². The lowest BCUT2D eigenvalue weighted by Gasteiger charge is -2.09. The Morgan fingerprint density at radius 2 is 2.50 bits per heavy atom. The van der Waals surface area contributed by atoms with Crippen LogP contribution in [0, 0.1) is 12.8 Å². The highest BCUT2D eigenvalue weighted by molar-refractivity contribution is 5.91. The third-order valence-corrected chi connectivity index (χ3v) is 2.12. The first-order valence-electron chi connectivity index (χ1n) is 4.66. The second-order valence-corrected chi connectivity index (χ2v) is 3.40. The molecule has 14 heavy (non-hydrogen) atoms. The molecule has 78 valence electrons. The lowest BCUT2D eigenvalue weighted by molar-refractivity contribution is -0.119. The van der Waals surface area contributed by atoms with Crippen molar-refractivity contribution in [1.29, 1.82) is 0 Å². The van der Waals surface area contributed by atoms with Gasteiger partial charge < -0.3 is 11.1 Å². The second-order valence-electron chi connectivity index (χ2n) is 3.40. The van der Waals surface area contributed by atoms with Crippen molar-refractivity contribution < 1.29 is 4.79 Å². The summed E-state index contributed by atoms with van der Waals surface area (Å²) >= 11 is 0. The summed E-state index contributed by atoms with van der Waals surface area (Å²) in [6.07, 6.45) is 2.36. The lowest BCUT2D eigenvalue weighted by Crippen LogP contribution is -2.23. The molecule has 1 unspecified atom stereocenters. The number of carbonyl (C=O) groups excluding carboxylic acids is 1. The number of nitrogens with one attached hydrogen (secondary N) is 2. The van der Waals surface area contributed by atoms with E-state index in [1.54, 1.807) is 6.20 Å². The highest BCUT2D eigenvalue weighted by Crippen LogP contribution is 2.11. The van der Waals surface area contributed by atoms with E-state index in [1.807, 2.05) is 13.8 Å². The Kier molecular flexibility index (Phi) is 3.64. The van der Waals surface area contributed by atoms with Crippen molar-refractivity contribution in [2.75, 3.05) is 11.9 Å². The number of hydrogen-bond acceptors (Lipinski definition) is 3. The van der Waals surface area contributed by atoms with Crippen LogP contribution in [0.3, 0.4) is 0 Å². The minimum atomic E-state index is -0.0669. The van der Waals surface area contributed by atoms with Gasteiger partial charge in [-0.2, -0.15) is 5.10 Å². The number of aryl methyl sites for hydroxylation is 1. The lowest BCUT2D eigenvalue weighted by atomic mass is 10.1. The predicted octanol–water partition coefficient (Wildman–Crippen LogP) is 0.642. The number of nitrogens with zero attached hydrogens (tertiary/aromatic N) is 1. The first kappa shape index (κ1) is 10.7. The fourth-order valence-electron chi connectivity index (χ4n) is 1.10. The van der Waals surface area contributed by atoms with Crippen LogP contribution in [0.1, 0.15) is 18.9 Å². The maximum absolute atomic E-state index is 11.5. The molecule has 4 N–H and O–H groups in total. The summed E-state index contributed by atoms with van der Waals surface area (Å²) in [6, 6.07) is 0. The molecule has 1 heterocycles. The van der Waals surface area contributed by atoms with Gasteiger partial charge in [0, 0.05) is 11.5 Å².